The van der Waals surface area contributed by atoms with E-state index in [9.17, 15) is 35.9 Å². The smallest absolute Gasteiger partial charge is 0.411 e. The third-order valence-corrected chi connectivity index (χ3v) is 10.8. The summed E-state index contributed by atoms with van der Waals surface area (Å²) in [5.41, 5.74) is -4.50. The third kappa shape index (κ3) is 8.89. The molecule has 0 spiro atoms. The lowest BCUT2D eigenvalue weighted by atomic mass is 9.73. The molecule has 0 bridgehead atoms. The van der Waals surface area contributed by atoms with Crippen LogP contribution in [-0.4, -0.2) is 23.9 Å². The van der Waals surface area contributed by atoms with Crippen molar-refractivity contribution in [2.45, 2.75) is 55.9 Å². The first-order valence-corrected chi connectivity index (χ1v) is 19.2. The largest absolute Gasteiger partial charge is 0.483 e. The van der Waals surface area contributed by atoms with Crippen LogP contribution in [0.5, 0.6) is 17.2 Å². The minimum Gasteiger partial charge on any atom is -0.483 e. The number of carbonyl (C=O) groups is 2. The van der Waals surface area contributed by atoms with Gasteiger partial charge in [-0.2, -0.15) is 26.3 Å². The van der Waals surface area contributed by atoms with Gasteiger partial charge in [0.25, 0.3) is 0 Å². The maximum atomic E-state index is 15.0. The fraction of sp³-hybridized carbons (Fsp3) is 0.191. The van der Waals surface area contributed by atoms with Gasteiger partial charge in [-0.1, -0.05) is 91.3 Å². The Morgan fingerprint density at radius 3 is 1.27 bits per heavy atom. The summed E-state index contributed by atoms with van der Waals surface area (Å²) >= 11 is 12.0. The van der Waals surface area contributed by atoms with Gasteiger partial charge >= 0.3 is 12.4 Å². The molecule has 0 N–H and O–H groups in total. The summed E-state index contributed by atoms with van der Waals surface area (Å²) in [6.45, 7) is 5.35. The molecule has 2 unspecified atom stereocenters. The van der Waals surface area contributed by atoms with E-state index in [1.54, 1.807) is 79.7 Å². The molecule has 4 nitrogen and oxygen atoms in total. The van der Waals surface area contributed by atoms with Crippen molar-refractivity contribution in [3.8, 4) is 17.2 Å². The molecule has 0 saturated carbocycles. The van der Waals surface area contributed by atoms with Crippen LogP contribution in [-0.2, 0) is 11.0 Å². The molecule has 0 saturated heterocycles. The van der Waals surface area contributed by atoms with Gasteiger partial charge in [0.15, 0.2) is 11.6 Å². The van der Waals surface area contributed by atoms with E-state index in [1.165, 1.54) is 24.3 Å². The zero-order valence-corrected chi connectivity index (χ0v) is 33.3. The van der Waals surface area contributed by atoms with Gasteiger partial charge in [0, 0.05) is 27.3 Å². The first-order valence-electron chi connectivity index (χ1n) is 18.4. The molecule has 0 aliphatic heterocycles. The molecule has 0 aliphatic carbocycles. The van der Waals surface area contributed by atoms with Crippen molar-refractivity contribution in [3.63, 3.8) is 0 Å². The maximum Gasteiger partial charge on any atom is 0.411 e. The highest BCUT2D eigenvalue weighted by atomic mass is 35.5. The van der Waals surface area contributed by atoms with Crippen LogP contribution in [0.15, 0.2) is 146 Å². The summed E-state index contributed by atoms with van der Waals surface area (Å²) < 4.78 is 102. The summed E-state index contributed by atoms with van der Waals surface area (Å²) in [5, 5.41) is 0.262. The van der Waals surface area contributed by atoms with E-state index in [4.69, 9.17) is 32.7 Å². The van der Waals surface area contributed by atoms with Crippen LogP contribution in [0.1, 0.15) is 86.7 Å². The maximum absolute atomic E-state index is 15.0. The number of hydrogen-bond donors (Lipinski definition) is 0. The lowest BCUT2D eigenvalue weighted by Crippen LogP contribution is -2.54. The summed E-state index contributed by atoms with van der Waals surface area (Å²) in [6, 6.07) is 33.0. The van der Waals surface area contributed by atoms with Crippen molar-refractivity contribution >= 4 is 34.8 Å². The van der Waals surface area contributed by atoms with E-state index in [-0.39, 0.29) is 34.2 Å². The van der Waals surface area contributed by atoms with Crippen LogP contribution < -0.4 is 9.47 Å². The van der Waals surface area contributed by atoms with Crippen LogP contribution in [0, 0.1) is 0 Å². The Kier molecular flexibility index (Phi) is 12.4. The molecule has 0 amide bonds. The van der Waals surface area contributed by atoms with Crippen molar-refractivity contribution < 1.29 is 45.4 Å². The van der Waals surface area contributed by atoms with Gasteiger partial charge in [-0.15, -0.1) is 11.6 Å². The molecule has 12 heteroatoms. The fourth-order valence-corrected chi connectivity index (χ4v) is 7.01. The zero-order valence-electron chi connectivity index (χ0n) is 31.8. The molecule has 0 heterocycles. The molecule has 6 aromatic carbocycles. The summed E-state index contributed by atoms with van der Waals surface area (Å²) in [6.07, 6.45) is -11.3. The van der Waals surface area contributed by atoms with Crippen molar-refractivity contribution in [2.75, 3.05) is 0 Å². The number of hydrogen-bond acceptors (Lipinski definition) is 4. The van der Waals surface area contributed by atoms with Gasteiger partial charge in [0.2, 0.25) is 5.41 Å². The molecular formula is C47H36Cl2F6O4. The first-order chi connectivity index (χ1) is 27.9. The molecule has 0 radical (unpaired) electrons. The minimum atomic E-state index is -5.82. The number of ether oxygens (including phenoxy) is 2. The number of carbonyl (C=O) groups excluding carboxylic acids is 2. The molecule has 59 heavy (non-hydrogen) atoms. The number of halogens is 8. The lowest BCUT2D eigenvalue weighted by Gasteiger charge is -2.38. The normalized spacial score (nSPS) is 13.6. The van der Waals surface area contributed by atoms with Crippen LogP contribution >= 0.6 is 23.2 Å². The average Bonchev–Trinajstić information content (AvgIpc) is 3.21. The topological polar surface area (TPSA) is 52.6 Å². The van der Waals surface area contributed by atoms with Gasteiger partial charge < -0.3 is 9.47 Å². The Morgan fingerprint density at radius 1 is 0.542 bits per heavy atom. The van der Waals surface area contributed by atoms with Crippen LogP contribution in [0.4, 0.5) is 26.3 Å². The van der Waals surface area contributed by atoms with Crippen LogP contribution in [0.3, 0.4) is 0 Å². The lowest BCUT2D eigenvalue weighted by molar-refractivity contribution is -0.288. The highest BCUT2D eigenvalue weighted by Gasteiger charge is 2.72. The van der Waals surface area contributed by atoms with E-state index in [0.717, 1.165) is 54.1 Å². The Hall–Kier alpha value is -5.58. The molecule has 6 aromatic rings. The summed E-state index contributed by atoms with van der Waals surface area (Å²) in [4.78, 5) is 25.9. The number of ketones is 2. The van der Waals surface area contributed by atoms with Crippen molar-refractivity contribution in [3.05, 3.63) is 195 Å². The molecular weight excluding hydrogens is 813 g/mol. The van der Waals surface area contributed by atoms with Gasteiger partial charge in [-0.05, 0) is 115 Å². The van der Waals surface area contributed by atoms with Crippen molar-refractivity contribution in [1.82, 2.24) is 0 Å². The van der Waals surface area contributed by atoms with Crippen molar-refractivity contribution in [1.29, 1.82) is 0 Å². The zero-order chi connectivity index (χ0) is 42.8. The first kappa shape index (κ1) is 43.0. The quantitative estimate of drug-likeness (QED) is 0.0660. The highest BCUT2D eigenvalue weighted by molar-refractivity contribution is 6.30. The monoisotopic (exact) mass is 848 g/mol. The predicted molar refractivity (Wildman–Crippen MR) is 216 cm³/mol. The Morgan fingerprint density at radius 2 is 0.881 bits per heavy atom. The van der Waals surface area contributed by atoms with Gasteiger partial charge in [-0.25, -0.2) is 0 Å². The molecule has 0 fully saturated rings. The van der Waals surface area contributed by atoms with Crippen LogP contribution in [0.2, 0.25) is 5.02 Å². The molecule has 304 valence electrons. The van der Waals surface area contributed by atoms with Gasteiger partial charge in [-0.3, -0.25) is 9.59 Å². The van der Waals surface area contributed by atoms with E-state index >= 15 is 0 Å². The fourth-order valence-electron chi connectivity index (χ4n) is 6.74. The molecule has 2 atom stereocenters. The Bertz CT molecular complexity index is 2380. The standard InChI is InChI=1S/C47H36Cl2F6O4/c1-4-44(3,35-15-9-32(10-16-35)43(57)33-11-21-38(49)22-12-33)59-41-27-19-37(20-28-41)45(46(50,51)52,47(53,54)55)36-17-25-40(26-18-36)58-39-23-13-34(14-24-39)42(56)31-7-5-30(6-8-31)29(2)48/h5-29H,4H2,1-3H3. The highest BCUT2D eigenvalue weighted by Crippen LogP contribution is 2.56. The predicted octanol–water partition coefficient (Wildman–Crippen LogP) is 14.0. The van der Waals surface area contributed by atoms with Gasteiger partial charge in [0.1, 0.15) is 22.8 Å². The number of benzene rings is 6. The second-order valence-corrected chi connectivity index (χ2v) is 15.2. The number of rotatable bonds is 13. The van der Waals surface area contributed by atoms with E-state index in [1.807, 2.05) is 13.8 Å². The summed E-state index contributed by atoms with van der Waals surface area (Å²) in [7, 11) is 0. The second-order valence-electron chi connectivity index (χ2n) is 14.1. The van der Waals surface area contributed by atoms with Gasteiger partial charge in [0.05, 0.1) is 5.38 Å². The van der Waals surface area contributed by atoms with Crippen molar-refractivity contribution in [2.24, 2.45) is 0 Å². The average molecular weight is 850 g/mol. The third-order valence-electron chi connectivity index (χ3n) is 10.3. The Balaban J connectivity index is 1.21. The minimum absolute atomic E-state index is 0.0261. The molecule has 6 rings (SSSR count). The van der Waals surface area contributed by atoms with Crippen LogP contribution in [0.25, 0.3) is 0 Å². The van der Waals surface area contributed by atoms with E-state index < -0.39 is 34.5 Å². The van der Waals surface area contributed by atoms with E-state index in [0.29, 0.717) is 39.3 Å². The van der Waals surface area contributed by atoms with E-state index in [2.05, 4.69) is 0 Å². The second kappa shape index (κ2) is 17.0. The SMILES string of the molecule is CCC(C)(Oc1ccc(C(c2ccc(Oc3ccc(C(=O)c4ccc(C(C)Cl)cc4)cc3)cc2)(C(F)(F)F)C(F)(F)F)cc1)c1ccc(C(=O)c2ccc(Cl)cc2)cc1. The summed E-state index contributed by atoms with van der Waals surface area (Å²) in [5.74, 6) is -0.284. The molecule has 0 aliphatic rings. The number of alkyl halides is 7. The Labute approximate surface area is 347 Å². The molecule has 0 aromatic heterocycles.